The molecule has 0 spiro atoms. The van der Waals surface area contributed by atoms with Gasteiger partial charge in [-0.15, -0.1) is 10.2 Å². The summed E-state index contributed by atoms with van der Waals surface area (Å²) in [6.45, 7) is 0. The number of hydrogen-bond donors (Lipinski definition) is 2. The monoisotopic (exact) mass is 294 g/mol. The van der Waals surface area contributed by atoms with Gasteiger partial charge in [-0.05, 0) is 42.5 Å². The molecule has 108 valence electrons. The zero-order valence-corrected chi connectivity index (χ0v) is 11.2. The van der Waals surface area contributed by atoms with Gasteiger partial charge in [0.2, 0.25) is 6.39 Å². The van der Waals surface area contributed by atoms with E-state index in [9.17, 15) is 10.2 Å². The molecular formula is C16H10N2O4. The molecule has 0 radical (unpaired) electrons. The van der Waals surface area contributed by atoms with Crippen LogP contribution in [0.5, 0.6) is 11.5 Å². The first-order chi connectivity index (χ1) is 10.7. The SMILES string of the molecule is Oc1ccc(-c2cc3cc(O)cc(-c4nnco4)c3o2)cc1. The second-order valence-corrected chi connectivity index (χ2v) is 4.81. The smallest absolute Gasteiger partial charge is 0.251 e. The first-order valence-corrected chi connectivity index (χ1v) is 6.53. The number of aromatic nitrogens is 2. The normalized spacial score (nSPS) is 11.1. The maximum absolute atomic E-state index is 9.86. The summed E-state index contributed by atoms with van der Waals surface area (Å²) in [5.74, 6) is 1.15. The van der Waals surface area contributed by atoms with Crippen LogP contribution in [0.25, 0.3) is 33.7 Å². The lowest BCUT2D eigenvalue weighted by Gasteiger charge is -1.99. The number of phenols is 2. The summed E-state index contributed by atoms with van der Waals surface area (Å²) in [5.41, 5.74) is 1.88. The Labute approximate surface area is 124 Å². The summed E-state index contributed by atoms with van der Waals surface area (Å²) in [4.78, 5) is 0. The Kier molecular flexibility index (Phi) is 2.62. The van der Waals surface area contributed by atoms with Crippen LogP contribution in [-0.4, -0.2) is 20.4 Å². The van der Waals surface area contributed by atoms with Crippen LogP contribution >= 0.6 is 0 Å². The van der Waals surface area contributed by atoms with Crippen molar-refractivity contribution in [2.75, 3.05) is 0 Å². The molecule has 0 aliphatic rings. The predicted octanol–water partition coefficient (Wildman–Crippen LogP) is 3.56. The second-order valence-electron chi connectivity index (χ2n) is 4.81. The molecule has 0 fully saturated rings. The van der Waals surface area contributed by atoms with Gasteiger partial charge in [-0.3, -0.25) is 0 Å². The lowest BCUT2D eigenvalue weighted by atomic mass is 10.1. The molecule has 4 rings (SSSR count). The molecule has 2 aromatic heterocycles. The van der Waals surface area contributed by atoms with Gasteiger partial charge in [0.05, 0.1) is 5.56 Å². The number of benzene rings is 2. The van der Waals surface area contributed by atoms with Crippen molar-refractivity contribution in [3.8, 4) is 34.3 Å². The molecule has 4 aromatic rings. The van der Waals surface area contributed by atoms with E-state index in [1.54, 1.807) is 36.4 Å². The molecule has 6 nitrogen and oxygen atoms in total. The summed E-state index contributed by atoms with van der Waals surface area (Å²) in [5, 5.41) is 27.4. The minimum atomic E-state index is 0.0822. The molecule has 2 N–H and O–H groups in total. The molecule has 0 saturated carbocycles. The molecule has 0 unspecified atom stereocenters. The van der Waals surface area contributed by atoms with Gasteiger partial charge in [-0.25, -0.2) is 0 Å². The fourth-order valence-corrected chi connectivity index (χ4v) is 2.35. The van der Waals surface area contributed by atoms with Gasteiger partial charge in [0.1, 0.15) is 22.8 Å². The maximum Gasteiger partial charge on any atom is 0.251 e. The van der Waals surface area contributed by atoms with Crippen molar-refractivity contribution in [3.05, 3.63) is 48.9 Å². The number of rotatable bonds is 2. The largest absolute Gasteiger partial charge is 0.508 e. The number of nitrogens with zero attached hydrogens (tertiary/aromatic N) is 2. The van der Waals surface area contributed by atoms with Gasteiger partial charge in [-0.2, -0.15) is 0 Å². The minimum Gasteiger partial charge on any atom is -0.508 e. The van der Waals surface area contributed by atoms with Crippen LogP contribution in [0.3, 0.4) is 0 Å². The number of fused-ring (bicyclic) bond motifs is 1. The van der Waals surface area contributed by atoms with Crippen molar-refractivity contribution >= 4 is 11.0 Å². The Morgan fingerprint density at radius 2 is 1.73 bits per heavy atom. The van der Waals surface area contributed by atoms with Crippen LogP contribution in [0.4, 0.5) is 0 Å². The lowest BCUT2D eigenvalue weighted by Crippen LogP contribution is -1.79. The highest BCUT2D eigenvalue weighted by Crippen LogP contribution is 2.36. The van der Waals surface area contributed by atoms with Gasteiger partial charge in [0.15, 0.2) is 0 Å². The van der Waals surface area contributed by atoms with Crippen molar-refractivity contribution in [2.24, 2.45) is 0 Å². The highest BCUT2D eigenvalue weighted by atomic mass is 16.4. The first-order valence-electron chi connectivity index (χ1n) is 6.53. The molecule has 6 heteroatoms. The number of phenolic OH excluding ortho intramolecular Hbond substituents is 2. The Hall–Kier alpha value is -3.28. The molecule has 0 atom stereocenters. The third-order valence-corrected chi connectivity index (χ3v) is 3.34. The molecule has 0 saturated heterocycles. The van der Waals surface area contributed by atoms with Gasteiger partial charge in [0, 0.05) is 10.9 Å². The third kappa shape index (κ3) is 1.98. The number of aromatic hydroxyl groups is 2. The van der Waals surface area contributed by atoms with Crippen LogP contribution < -0.4 is 0 Å². The minimum absolute atomic E-state index is 0.0822. The number of hydrogen-bond acceptors (Lipinski definition) is 6. The summed E-state index contributed by atoms with van der Waals surface area (Å²) in [6, 6.07) is 11.6. The predicted molar refractivity (Wildman–Crippen MR) is 78.3 cm³/mol. The molecule has 0 amide bonds. The standard InChI is InChI=1S/C16H10N2O4/c19-11-3-1-9(2-4-11)14-6-10-5-12(20)7-13(15(10)22-14)16-18-17-8-21-16/h1-8,19-20H. The van der Waals surface area contributed by atoms with Gasteiger partial charge >= 0.3 is 0 Å². The van der Waals surface area contributed by atoms with E-state index in [0.29, 0.717) is 16.9 Å². The fourth-order valence-electron chi connectivity index (χ4n) is 2.35. The van der Waals surface area contributed by atoms with Gasteiger partial charge in [0.25, 0.3) is 5.89 Å². The van der Waals surface area contributed by atoms with Crippen LogP contribution in [0, 0.1) is 0 Å². The second kappa shape index (κ2) is 4.63. The van der Waals surface area contributed by atoms with Crippen LogP contribution in [0.2, 0.25) is 0 Å². The van der Waals surface area contributed by atoms with Gasteiger partial charge < -0.3 is 19.0 Å². The van der Waals surface area contributed by atoms with E-state index >= 15 is 0 Å². The van der Waals surface area contributed by atoms with E-state index < -0.39 is 0 Å². The summed E-state index contributed by atoms with van der Waals surface area (Å²) < 4.78 is 11.1. The van der Waals surface area contributed by atoms with Crippen molar-refractivity contribution in [3.63, 3.8) is 0 Å². The average molecular weight is 294 g/mol. The molecule has 2 aromatic carbocycles. The topological polar surface area (TPSA) is 92.5 Å². The first kappa shape index (κ1) is 12.5. The van der Waals surface area contributed by atoms with Crippen LogP contribution in [-0.2, 0) is 0 Å². The third-order valence-electron chi connectivity index (χ3n) is 3.34. The average Bonchev–Trinajstić information content (AvgIpc) is 3.16. The quantitative estimate of drug-likeness (QED) is 0.587. The van der Waals surface area contributed by atoms with E-state index in [1.807, 2.05) is 0 Å². The highest BCUT2D eigenvalue weighted by molar-refractivity contribution is 5.94. The van der Waals surface area contributed by atoms with E-state index in [0.717, 1.165) is 10.9 Å². The molecule has 0 bridgehead atoms. The van der Waals surface area contributed by atoms with Crippen molar-refractivity contribution in [1.29, 1.82) is 0 Å². The van der Waals surface area contributed by atoms with Crippen molar-refractivity contribution < 1.29 is 19.0 Å². The highest BCUT2D eigenvalue weighted by Gasteiger charge is 2.16. The fraction of sp³-hybridized carbons (Fsp3) is 0. The molecule has 2 heterocycles. The molecule has 0 aliphatic heterocycles. The Morgan fingerprint density at radius 3 is 2.45 bits per heavy atom. The molecular weight excluding hydrogens is 284 g/mol. The molecule has 22 heavy (non-hydrogen) atoms. The Balaban J connectivity index is 1.94. The lowest BCUT2D eigenvalue weighted by molar-refractivity contribution is 0.474. The maximum atomic E-state index is 9.86. The zero-order chi connectivity index (χ0) is 15.1. The van der Waals surface area contributed by atoms with E-state index in [2.05, 4.69) is 10.2 Å². The van der Waals surface area contributed by atoms with E-state index in [-0.39, 0.29) is 17.4 Å². The summed E-state index contributed by atoms with van der Waals surface area (Å²) >= 11 is 0. The van der Waals surface area contributed by atoms with Crippen molar-refractivity contribution in [2.45, 2.75) is 0 Å². The number of furan rings is 1. The van der Waals surface area contributed by atoms with E-state index in [1.165, 1.54) is 12.5 Å². The zero-order valence-electron chi connectivity index (χ0n) is 11.2. The van der Waals surface area contributed by atoms with Crippen LogP contribution in [0.15, 0.2) is 57.7 Å². The van der Waals surface area contributed by atoms with Gasteiger partial charge in [-0.1, -0.05) is 0 Å². The summed E-state index contributed by atoms with van der Waals surface area (Å²) in [6.07, 6.45) is 1.22. The molecule has 0 aliphatic carbocycles. The van der Waals surface area contributed by atoms with E-state index in [4.69, 9.17) is 8.83 Å². The summed E-state index contributed by atoms with van der Waals surface area (Å²) in [7, 11) is 0. The van der Waals surface area contributed by atoms with Crippen molar-refractivity contribution in [1.82, 2.24) is 10.2 Å². The van der Waals surface area contributed by atoms with Crippen LogP contribution in [0.1, 0.15) is 0 Å². The Morgan fingerprint density at radius 1 is 0.909 bits per heavy atom. The Bertz CT molecular complexity index is 940.